The molecule has 1 aromatic rings. The third kappa shape index (κ3) is 11.8. The van der Waals surface area contributed by atoms with E-state index in [-0.39, 0.29) is 5.82 Å². The van der Waals surface area contributed by atoms with Crippen LogP contribution in [-0.2, 0) is 9.47 Å². The van der Waals surface area contributed by atoms with Gasteiger partial charge in [-0.25, -0.2) is 4.39 Å². The number of thioether (sulfide) groups is 1. The monoisotopic (exact) mass is 371 g/mol. The molecule has 0 aliphatic rings. The summed E-state index contributed by atoms with van der Waals surface area (Å²) in [5, 5.41) is 6.54. The molecular weight excluding hydrogens is 341 g/mol. The predicted octanol–water partition coefficient (Wildman–Crippen LogP) is 2.92. The molecule has 0 saturated carbocycles. The van der Waals surface area contributed by atoms with Crippen LogP contribution in [-0.4, -0.2) is 58.3 Å². The standard InChI is InChI=1S/C18H30FN3O2S/c1-3-20-18(21-10-4-12-24-14-13-23-2)22-11-5-15-25-17-8-6-16(19)7-9-17/h6-9H,3-5,10-15H2,1-2H3,(H2,20,21,22). The number of benzene rings is 1. The summed E-state index contributed by atoms with van der Waals surface area (Å²) in [5.41, 5.74) is 0. The van der Waals surface area contributed by atoms with Gasteiger partial charge in [-0.15, -0.1) is 11.8 Å². The maximum Gasteiger partial charge on any atom is 0.191 e. The lowest BCUT2D eigenvalue weighted by molar-refractivity contribution is 0.0698. The van der Waals surface area contributed by atoms with Crippen molar-refractivity contribution < 1.29 is 13.9 Å². The van der Waals surface area contributed by atoms with Gasteiger partial charge in [-0.3, -0.25) is 4.99 Å². The van der Waals surface area contributed by atoms with Crippen LogP contribution in [0, 0.1) is 5.82 Å². The molecule has 25 heavy (non-hydrogen) atoms. The Labute approximate surface area is 154 Å². The molecule has 5 nitrogen and oxygen atoms in total. The number of ether oxygens (including phenoxy) is 2. The summed E-state index contributed by atoms with van der Waals surface area (Å²) < 4.78 is 23.2. The summed E-state index contributed by atoms with van der Waals surface area (Å²) in [6, 6.07) is 6.60. The van der Waals surface area contributed by atoms with Gasteiger partial charge in [-0.2, -0.15) is 0 Å². The van der Waals surface area contributed by atoms with Crippen molar-refractivity contribution in [3.05, 3.63) is 30.1 Å². The highest BCUT2D eigenvalue weighted by Gasteiger charge is 1.98. The molecule has 2 N–H and O–H groups in total. The van der Waals surface area contributed by atoms with Crippen LogP contribution >= 0.6 is 11.8 Å². The van der Waals surface area contributed by atoms with Crippen LogP contribution in [0.3, 0.4) is 0 Å². The number of hydrogen-bond acceptors (Lipinski definition) is 4. The molecule has 0 amide bonds. The second-order valence-electron chi connectivity index (χ2n) is 5.30. The number of nitrogens with one attached hydrogen (secondary N) is 2. The Balaban J connectivity index is 2.13. The molecule has 0 saturated heterocycles. The molecule has 1 aromatic carbocycles. The van der Waals surface area contributed by atoms with E-state index >= 15 is 0 Å². The van der Waals surface area contributed by atoms with Gasteiger partial charge in [0.05, 0.1) is 13.2 Å². The molecule has 1 rings (SSSR count). The molecule has 0 aromatic heterocycles. The number of rotatable bonds is 13. The highest BCUT2D eigenvalue weighted by Crippen LogP contribution is 2.18. The predicted molar refractivity (Wildman–Crippen MR) is 103 cm³/mol. The molecule has 0 unspecified atom stereocenters. The Morgan fingerprint density at radius 2 is 1.92 bits per heavy atom. The van der Waals surface area contributed by atoms with Crippen molar-refractivity contribution in [1.82, 2.24) is 10.6 Å². The number of hydrogen-bond donors (Lipinski definition) is 2. The Kier molecular flexibility index (Phi) is 13.0. The van der Waals surface area contributed by atoms with E-state index in [4.69, 9.17) is 9.47 Å². The van der Waals surface area contributed by atoms with Crippen molar-refractivity contribution in [1.29, 1.82) is 0 Å². The van der Waals surface area contributed by atoms with Crippen LogP contribution in [0.1, 0.15) is 19.8 Å². The highest BCUT2D eigenvalue weighted by atomic mass is 32.2. The lowest BCUT2D eigenvalue weighted by atomic mass is 10.4. The quantitative estimate of drug-likeness (QED) is 0.242. The van der Waals surface area contributed by atoms with Gasteiger partial charge in [-0.1, -0.05) is 0 Å². The molecule has 0 radical (unpaired) electrons. The van der Waals surface area contributed by atoms with Crippen LogP contribution in [0.4, 0.5) is 4.39 Å². The Bertz CT molecular complexity index is 472. The minimum atomic E-state index is -0.195. The van der Waals surface area contributed by atoms with Gasteiger partial charge in [-0.05, 0) is 49.8 Å². The van der Waals surface area contributed by atoms with E-state index in [9.17, 15) is 4.39 Å². The third-order valence-corrected chi connectivity index (χ3v) is 4.29. The molecule has 0 heterocycles. The Morgan fingerprint density at radius 1 is 1.12 bits per heavy atom. The summed E-state index contributed by atoms with van der Waals surface area (Å²) in [6.07, 6.45) is 1.90. The van der Waals surface area contributed by atoms with E-state index in [0.29, 0.717) is 19.8 Å². The van der Waals surface area contributed by atoms with Gasteiger partial charge >= 0.3 is 0 Å². The number of methoxy groups -OCH3 is 1. The highest BCUT2D eigenvalue weighted by molar-refractivity contribution is 7.99. The number of guanidine groups is 1. The normalized spacial score (nSPS) is 11.6. The van der Waals surface area contributed by atoms with E-state index in [2.05, 4.69) is 22.5 Å². The van der Waals surface area contributed by atoms with Crippen molar-refractivity contribution in [2.75, 3.05) is 52.3 Å². The molecule has 0 spiro atoms. The maximum atomic E-state index is 12.8. The SMILES string of the molecule is CCNC(=NCCCSc1ccc(F)cc1)NCCCOCCOC. The first kappa shape index (κ1) is 21.7. The Morgan fingerprint density at radius 3 is 2.64 bits per heavy atom. The van der Waals surface area contributed by atoms with Gasteiger partial charge in [0, 0.05) is 38.2 Å². The smallest absolute Gasteiger partial charge is 0.191 e. The van der Waals surface area contributed by atoms with Crippen LogP contribution in [0.25, 0.3) is 0 Å². The molecule has 0 bridgehead atoms. The fraction of sp³-hybridized carbons (Fsp3) is 0.611. The summed E-state index contributed by atoms with van der Waals surface area (Å²) in [4.78, 5) is 5.65. The summed E-state index contributed by atoms with van der Waals surface area (Å²) >= 11 is 1.72. The van der Waals surface area contributed by atoms with Crippen LogP contribution in [0.2, 0.25) is 0 Å². The first-order valence-electron chi connectivity index (χ1n) is 8.73. The minimum Gasteiger partial charge on any atom is -0.382 e. The van der Waals surface area contributed by atoms with Gasteiger partial charge in [0.1, 0.15) is 5.82 Å². The zero-order chi connectivity index (χ0) is 18.2. The second kappa shape index (κ2) is 15.0. The minimum absolute atomic E-state index is 0.195. The lowest BCUT2D eigenvalue weighted by Crippen LogP contribution is -2.38. The first-order valence-corrected chi connectivity index (χ1v) is 9.72. The van der Waals surface area contributed by atoms with E-state index in [1.807, 2.05) is 12.1 Å². The van der Waals surface area contributed by atoms with Gasteiger partial charge in [0.15, 0.2) is 5.96 Å². The average Bonchev–Trinajstić information content (AvgIpc) is 2.62. The second-order valence-corrected chi connectivity index (χ2v) is 6.47. The zero-order valence-electron chi connectivity index (χ0n) is 15.2. The van der Waals surface area contributed by atoms with Crippen LogP contribution in [0.5, 0.6) is 0 Å². The van der Waals surface area contributed by atoms with Crippen LogP contribution < -0.4 is 10.6 Å². The largest absolute Gasteiger partial charge is 0.382 e. The molecule has 142 valence electrons. The summed E-state index contributed by atoms with van der Waals surface area (Å²) in [5.74, 6) is 1.60. The van der Waals surface area contributed by atoms with Crippen LogP contribution in [0.15, 0.2) is 34.2 Å². The summed E-state index contributed by atoms with van der Waals surface area (Å²) in [7, 11) is 1.67. The van der Waals surface area contributed by atoms with Crippen molar-refractivity contribution in [2.45, 2.75) is 24.7 Å². The maximum absolute atomic E-state index is 12.8. The van der Waals surface area contributed by atoms with E-state index < -0.39 is 0 Å². The molecular formula is C18H30FN3O2S. The van der Waals surface area contributed by atoms with Gasteiger partial charge in [0.25, 0.3) is 0 Å². The van der Waals surface area contributed by atoms with Gasteiger partial charge in [0.2, 0.25) is 0 Å². The number of nitrogens with zero attached hydrogens (tertiary/aromatic N) is 1. The summed E-state index contributed by atoms with van der Waals surface area (Å²) in [6.45, 7) is 6.45. The number of aliphatic imine (C=N–C) groups is 1. The molecule has 0 aliphatic carbocycles. The average molecular weight is 372 g/mol. The van der Waals surface area contributed by atoms with E-state index in [0.717, 1.165) is 49.1 Å². The lowest BCUT2D eigenvalue weighted by Gasteiger charge is -2.11. The fourth-order valence-corrected chi connectivity index (χ4v) is 2.78. The number of halogens is 1. The Hall–Kier alpha value is -1.31. The topological polar surface area (TPSA) is 54.9 Å². The zero-order valence-corrected chi connectivity index (χ0v) is 16.0. The third-order valence-electron chi connectivity index (χ3n) is 3.19. The van der Waals surface area contributed by atoms with Crippen molar-refractivity contribution in [3.63, 3.8) is 0 Å². The fourth-order valence-electron chi connectivity index (χ4n) is 1.94. The molecule has 0 fully saturated rings. The van der Waals surface area contributed by atoms with Crippen molar-refractivity contribution >= 4 is 17.7 Å². The van der Waals surface area contributed by atoms with E-state index in [1.165, 1.54) is 12.1 Å². The van der Waals surface area contributed by atoms with Crippen molar-refractivity contribution in [2.24, 2.45) is 4.99 Å². The molecule has 7 heteroatoms. The molecule has 0 atom stereocenters. The molecule has 0 aliphatic heterocycles. The first-order chi connectivity index (χ1) is 12.3. The van der Waals surface area contributed by atoms with E-state index in [1.54, 1.807) is 18.9 Å². The van der Waals surface area contributed by atoms with Gasteiger partial charge < -0.3 is 20.1 Å². The van der Waals surface area contributed by atoms with Crippen molar-refractivity contribution in [3.8, 4) is 0 Å².